The van der Waals surface area contributed by atoms with Gasteiger partial charge in [-0.25, -0.2) is 0 Å². The quantitative estimate of drug-likeness (QED) is 0.697. The summed E-state index contributed by atoms with van der Waals surface area (Å²) < 4.78 is 10.9. The SMILES string of the molecule is CC1(C)[C@@H]2CC[C@@H](C2)[C@@H]1C[P+](=O)O. The zero-order chi connectivity index (χ0) is 9.64. The Balaban J connectivity index is 2.14. The second kappa shape index (κ2) is 3.03. The fraction of sp³-hybridized carbons (Fsp3) is 1.00. The number of hydrogen-bond donors (Lipinski definition) is 1. The van der Waals surface area contributed by atoms with Crippen LogP contribution in [0.2, 0.25) is 0 Å². The third-order valence-electron chi connectivity index (χ3n) is 4.40. The summed E-state index contributed by atoms with van der Waals surface area (Å²) in [6, 6.07) is 0. The zero-order valence-corrected chi connectivity index (χ0v) is 9.26. The molecule has 0 amide bonds. The predicted octanol–water partition coefficient (Wildman–Crippen LogP) is 2.79. The lowest BCUT2D eigenvalue weighted by Crippen LogP contribution is -2.32. The maximum atomic E-state index is 10.9. The van der Waals surface area contributed by atoms with Gasteiger partial charge in [0.25, 0.3) is 0 Å². The highest BCUT2D eigenvalue weighted by molar-refractivity contribution is 7.38. The molecule has 74 valence electrons. The molecule has 0 aromatic heterocycles. The van der Waals surface area contributed by atoms with Crippen molar-refractivity contribution < 1.29 is 9.46 Å². The van der Waals surface area contributed by atoms with Gasteiger partial charge in [0.05, 0.1) is 0 Å². The average molecular weight is 201 g/mol. The molecule has 0 radical (unpaired) electrons. The maximum absolute atomic E-state index is 10.9. The van der Waals surface area contributed by atoms with E-state index in [1.54, 1.807) is 0 Å². The molecule has 2 saturated carbocycles. The van der Waals surface area contributed by atoms with Crippen LogP contribution in [-0.4, -0.2) is 11.1 Å². The normalized spacial score (nSPS) is 42.4. The molecule has 3 heteroatoms. The third-order valence-corrected chi connectivity index (χ3v) is 5.11. The molecule has 2 aliphatic carbocycles. The predicted molar refractivity (Wildman–Crippen MR) is 52.8 cm³/mol. The van der Waals surface area contributed by atoms with Crippen molar-refractivity contribution in [1.29, 1.82) is 0 Å². The minimum atomic E-state index is -1.93. The second-order valence-corrected chi connectivity index (χ2v) is 6.30. The van der Waals surface area contributed by atoms with Crippen molar-refractivity contribution in [3.8, 4) is 0 Å². The van der Waals surface area contributed by atoms with Gasteiger partial charge in [-0.1, -0.05) is 13.8 Å². The standard InChI is InChI=1S/C10H17O2P/c1-10(2)8-4-3-7(5-8)9(10)6-13(11)12/h7-9H,3-6H2,1-2H3/p+1/t7-,8+,9-/m0/s1. The van der Waals surface area contributed by atoms with Crippen LogP contribution in [0, 0.1) is 23.2 Å². The summed E-state index contributed by atoms with van der Waals surface area (Å²) in [5.41, 5.74) is 0.316. The lowest BCUT2D eigenvalue weighted by Gasteiger charge is -2.35. The summed E-state index contributed by atoms with van der Waals surface area (Å²) in [6.45, 7) is 4.56. The summed E-state index contributed by atoms with van der Waals surface area (Å²) >= 11 is 0. The first-order valence-corrected chi connectivity index (χ1v) is 6.55. The molecule has 0 aromatic carbocycles. The van der Waals surface area contributed by atoms with Gasteiger partial charge >= 0.3 is 8.03 Å². The Kier molecular flexibility index (Phi) is 2.24. The molecule has 2 bridgehead atoms. The summed E-state index contributed by atoms with van der Waals surface area (Å²) in [4.78, 5) is 8.98. The van der Waals surface area contributed by atoms with Crippen LogP contribution in [0.3, 0.4) is 0 Å². The van der Waals surface area contributed by atoms with Gasteiger partial charge in [0.1, 0.15) is 0 Å². The fourth-order valence-electron chi connectivity index (χ4n) is 3.52. The van der Waals surface area contributed by atoms with E-state index >= 15 is 0 Å². The highest BCUT2D eigenvalue weighted by atomic mass is 31.1. The minimum absolute atomic E-state index is 0.316. The van der Waals surface area contributed by atoms with E-state index in [2.05, 4.69) is 13.8 Å². The van der Waals surface area contributed by atoms with Crippen LogP contribution >= 0.6 is 8.03 Å². The Morgan fingerprint density at radius 1 is 1.46 bits per heavy atom. The minimum Gasteiger partial charge on any atom is -0.161 e. The molecule has 2 aliphatic rings. The topological polar surface area (TPSA) is 37.3 Å². The van der Waals surface area contributed by atoms with Crippen molar-refractivity contribution in [2.75, 3.05) is 6.16 Å². The number of hydrogen-bond acceptors (Lipinski definition) is 1. The summed E-state index contributed by atoms with van der Waals surface area (Å²) in [7, 11) is -1.93. The number of rotatable bonds is 2. The first kappa shape index (κ1) is 9.61. The monoisotopic (exact) mass is 201 g/mol. The molecule has 1 unspecified atom stereocenters. The van der Waals surface area contributed by atoms with E-state index in [-0.39, 0.29) is 0 Å². The van der Waals surface area contributed by atoms with Crippen LogP contribution in [0.5, 0.6) is 0 Å². The molecule has 2 fully saturated rings. The van der Waals surface area contributed by atoms with E-state index in [0.29, 0.717) is 17.5 Å². The Morgan fingerprint density at radius 2 is 2.15 bits per heavy atom. The van der Waals surface area contributed by atoms with E-state index in [1.807, 2.05) is 0 Å². The van der Waals surface area contributed by atoms with E-state index in [0.717, 1.165) is 11.8 Å². The van der Waals surface area contributed by atoms with Gasteiger partial charge in [-0.05, 0) is 41.1 Å². The van der Waals surface area contributed by atoms with Crippen molar-refractivity contribution in [2.45, 2.75) is 33.1 Å². The molecule has 0 spiro atoms. The van der Waals surface area contributed by atoms with Crippen molar-refractivity contribution in [1.82, 2.24) is 0 Å². The Hall–Kier alpha value is 0.0600. The summed E-state index contributed by atoms with van der Waals surface area (Å²) in [5, 5.41) is 0. The number of fused-ring (bicyclic) bond motifs is 2. The van der Waals surface area contributed by atoms with Crippen molar-refractivity contribution in [3.05, 3.63) is 0 Å². The van der Waals surface area contributed by atoms with Crippen molar-refractivity contribution in [2.24, 2.45) is 23.2 Å². The van der Waals surface area contributed by atoms with Gasteiger partial charge < -0.3 is 0 Å². The van der Waals surface area contributed by atoms with Crippen LogP contribution in [0.4, 0.5) is 0 Å². The van der Waals surface area contributed by atoms with Crippen LogP contribution in [0.1, 0.15) is 33.1 Å². The largest absolute Gasteiger partial charge is 0.505 e. The van der Waals surface area contributed by atoms with Crippen LogP contribution in [-0.2, 0) is 4.57 Å². The molecular weight excluding hydrogens is 183 g/mol. The molecule has 13 heavy (non-hydrogen) atoms. The van der Waals surface area contributed by atoms with E-state index in [9.17, 15) is 4.57 Å². The first-order valence-electron chi connectivity index (χ1n) is 5.15. The summed E-state index contributed by atoms with van der Waals surface area (Å²) in [5.74, 6) is 2.06. The molecule has 1 N–H and O–H groups in total. The van der Waals surface area contributed by atoms with E-state index < -0.39 is 8.03 Å². The zero-order valence-electron chi connectivity index (χ0n) is 8.36. The molecule has 0 aromatic rings. The molecule has 4 atom stereocenters. The smallest absolute Gasteiger partial charge is 0.161 e. The Bertz CT molecular complexity index is 237. The molecular formula is C10H18O2P+. The van der Waals surface area contributed by atoms with Gasteiger partial charge in [0.2, 0.25) is 0 Å². The van der Waals surface area contributed by atoms with E-state index in [4.69, 9.17) is 4.89 Å². The van der Waals surface area contributed by atoms with Crippen molar-refractivity contribution in [3.63, 3.8) is 0 Å². The van der Waals surface area contributed by atoms with Crippen molar-refractivity contribution >= 4 is 8.03 Å². The maximum Gasteiger partial charge on any atom is 0.505 e. The molecule has 0 heterocycles. The molecule has 0 aliphatic heterocycles. The molecule has 0 saturated heterocycles. The Morgan fingerprint density at radius 3 is 2.62 bits per heavy atom. The highest BCUT2D eigenvalue weighted by Crippen LogP contribution is 2.60. The first-order chi connectivity index (χ1) is 6.01. The lowest BCUT2D eigenvalue weighted by molar-refractivity contribution is 0.138. The molecule has 2 nitrogen and oxygen atoms in total. The van der Waals surface area contributed by atoms with Gasteiger partial charge in [-0.2, -0.15) is 4.89 Å². The second-order valence-electron chi connectivity index (χ2n) is 5.23. The summed E-state index contributed by atoms with van der Waals surface area (Å²) in [6.07, 6.45) is 4.47. The fourth-order valence-corrected chi connectivity index (χ4v) is 4.63. The third kappa shape index (κ3) is 1.45. The van der Waals surface area contributed by atoms with Crippen LogP contribution < -0.4 is 0 Å². The van der Waals surface area contributed by atoms with Gasteiger partial charge in [-0.15, -0.1) is 0 Å². The highest BCUT2D eigenvalue weighted by Gasteiger charge is 2.54. The average Bonchev–Trinajstić information content (AvgIpc) is 2.53. The van der Waals surface area contributed by atoms with Crippen LogP contribution in [0.25, 0.3) is 0 Å². The van der Waals surface area contributed by atoms with Crippen LogP contribution in [0.15, 0.2) is 0 Å². The lowest BCUT2D eigenvalue weighted by atomic mass is 9.69. The van der Waals surface area contributed by atoms with Gasteiger partial charge in [0, 0.05) is 5.92 Å². The van der Waals surface area contributed by atoms with Gasteiger partial charge in [0.15, 0.2) is 6.16 Å². The molecule has 2 rings (SSSR count). The van der Waals surface area contributed by atoms with Gasteiger partial charge in [-0.3, -0.25) is 0 Å². The Labute approximate surface area is 80.6 Å². The van der Waals surface area contributed by atoms with E-state index in [1.165, 1.54) is 19.3 Å².